The zero-order valence-corrected chi connectivity index (χ0v) is 17.0. The lowest BCUT2D eigenvalue weighted by Gasteiger charge is -2.18. The maximum absolute atomic E-state index is 12.4. The van der Waals surface area contributed by atoms with Crippen molar-refractivity contribution >= 4 is 30.0 Å². The quantitative estimate of drug-likeness (QED) is 0.718. The number of rotatable bonds is 8. The first-order valence-electron chi connectivity index (χ1n) is 8.69. The third kappa shape index (κ3) is 6.08. The van der Waals surface area contributed by atoms with E-state index < -0.39 is 5.97 Å². The summed E-state index contributed by atoms with van der Waals surface area (Å²) in [6.45, 7) is 8.16. The molecule has 0 saturated carbocycles. The fourth-order valence-electron chi connectivity index (χ4n) is 2.86. The number of aliphatic carboxylic acids is 1. The minimum atomic E-state index is -0.939. The van der Waals surface area contributed by atoms with Crippen molar-refractivity contribution in [3.05, 3.63) is 41.2 Å². The molecule has 0 bridgehead atoms. The number of aryl methyl sites for hydroxylation is 2. The Hall–Kier alpha value is -2.38. The minimum absolute atomic E-state index is 0. The van der Waals surface area contributed by atoms with E-state index >= 15 is 0 Å². The summed E-state index contributed by atoms with van der Waals surface area (Å²) in [5.41, 5.74) is 4.31. The molecule has 2 rings (SSSR count). The average molecular weight is 395 g/mol. The number of halogens is 1. The monoisotopic (exact) mass is 394 g/mol. The van der Waals surface area contributed by atoms with E-state index in [1.165, 1.54) is 5.56 Å². The summed E-state index contributed by atoms with van der Waals surface area (Å²) in [6.07, 6.45) is 0.782. The number of carbonyl (C=O) groups excluding carboxylic acids is 1. The van der Waals surface area contributed by atoms with E-state index in [1.807, 2.05) is 52.0 Å². The van der Waals surface area contributed by atoms with Crippen molar-refractivity contribution in [2.45, 2.75) is 34.1 Å². The summed E-state index contributed by atoms with van der Waals surface area (Å²) in [5.74, 6) is -1.18. The second kappa shape index (κ2) is 10.1. The number of nitrogens with zero attached hydrogens (tertiary/aromatic N) is 3. The molecule has 1 heterocycles. The van der Waals surface area contributed by atoms with Crippen LogP contribution in [0.1, 0.15) is 30.3 Å². The Morgan fingerprint density at radius 2 is 1.78 bits per heavy atom. The Kier molecular flexibility index (Phi) is 8.46. The first-order valence-corrected chi connectivity index (χ1v) is 8.69. The van der Waals surface area contributed by atoms with Gasteiger partial charge >= 0.3 is 5.97 Å². The molecule has 0 spiro atoms. The molecule has 0 aliphatic heterocycles. The van der Waals surface area contributed by atoms with Crippen LogP contribution in [-0.2, 0) is 9.59 Å². The molecule has 2 aromatic rings. The summed E-state index contributed by atoms with van der Waals surface area (Å²) in [6, 6.07) is 7.99. The normalized spacial score (nSPS) is 10.6. The SMILES string of the molecule is CCCN(CC(=O)O)CC(=O)Nc1c(C)nn(-c2ccc(C)cc2)c1C.Cl. The van der Waals surface area contributed by atoms with Crippen molar-refractivity contribution in [3.63, 3.8) is 0 Å². The summed E-state index contributed by atoms with van der Waals surface area (Å²) >= 11 is 0. The van der Waals surface area contributed by atoms with Crippen molar-refractivity contribution < 1.29 is 14.7 Å². The topological polar surface area (TPSA) is 87.5 Å². The molecule has 0 fully saturated rings. The highest BCUT2D eigenvalue weighted by molar-refractivity contribution is 5.93. The molecule has 2 N–H and O–H groups in total. The fourth-order valence-corrected chi connectivity index (χ4v) is 2.86. The maximum atomic E-state index is 12.4. The Morgan fingerprint density at radius 3 is 2.33 bits per heavy atom. The van der Waals surface area contributed by atoms with Crippen LogP contribution in [0.5, 0.6) is 0 Å². The second-order valence-corrected chi connectivity index (χ2v) is 6.45. The molecular formula is C19H27ClN4O3. The molecule has 7 nitrogen and oxygen atoms in total. The Balaban J connectivity index is 0.00000364. The van der Waals surface area contributed by atoms with E-state index in [2.05, 4.69) is 10.4 Å². The van der Waals surface area contributed by atoms with Crippen LogP contribution in [0.4, 0.5) is 5.69 Å². The molecule has 0 radical (unpaired) electrons. The van der Waals surface area contributed by atoms with Gasteiger partial charge in [-0.15, -0.1) is 12.4 Å². The zero-order valence-electron chi connectivity index (χ0n) is 16.2. The molecule has 0 atom stereocenters. The summed E-state index contributed by atoms with van der Waals surface area (Å²) in [4.78, 5) is 24.9. The van der Waals surface area contributed by atoms with Crippen LogP contribution in [0.2, 0.25) is 0 Å². The molecule has 0 aliphatic rings. The van der Waals surface area contributed by atoms with Crippen molar-refractivity contribution in [2.24, 2.45) is 0 Å². The number of hydrogen-bond acceptors (Lipinski definition) is 4. The van der Waals surface area contributed by atoms with Gasteiger partial charge in [0.1, 0.15) is 0 Å². The smallest absolute Gasteiger partial charge is 0.317 e. The zero-order chi connectivity index (χ0) is 19.3. The highest BCUT2D eigenvalue weighted by Gasteiger charge is 2.18. The van der Waals surface area contributed by atoms with Gasteiger partial charge in [-0.3, -0.25) is 14.5 Å². The van der Waals surface area contributed by atoms with Crippen LogP contribution in [0.25, 0.3) is 5.69 Å². The Morgan fingerprint density at radius 1 is 1.15 bits per heavy atom. The fraction of sp³-hybridized carbons (Fsp3) is 0.421. The van der Waals surface area contributed by atoms with Crippen molar-refractivity contribution in [3.8, 4) is 5.69 Å². The van der Waals surface area contributed by atoms with Crippen LogP contribution >= 0.6 is 12.4 Å². The number of amides is 1. The molecule has 0 saturated heterocycles. The van der Waals surface area contributed by atoms with Gasteiger partial charge in [0.25, 0.3) is 0 Å². The third-order valence-corrected chi connectivity index (χ3v) is 4.10. The Bertz CT molecular complexity index is 787. The lowest BCUT2D eigenvalue weighted by Crippen LogP contribution is -2.37. The lowest BCUT2D eigenvalue weighted by atomic mass is 10.2. The van der Waals surface area contributed by atoms with Crippen molar-refractivity contribution in [1.82, 2.24) is 14.7 Å². The van der Waals surface area contributed by atoms with Gasteiger partial charge in [-0.2, -0.15) is 5.10 Å². The predicted molar refractivity (Wildman–Crippen MR) is 108 cm³/mol. The maximum Gasteiger partial charge on any atom is 0.317 e. The van der Waals surface area contributed by atoms with E-state index in [0.29, 0.717) is 12.2 Å². The first-order chi connectivity index (χ1) is 12.3. The number of aromatic nitrogens is 2. The third-order valence-electron chi connectivity index (χ3n) is 4.10. The van der Waals surface area contributed by atoms with Gasteiger partial charge in [0.2, 0.25) is 5.91 Å². The lowest BCUT2D eigenvalue weighted by molar-refractivity contribution is -0.138. The molecule has 8 heteroatoms. The highest BCUT2D eigenvalue weighted by Crippen LogP contribution is 2.23. The number of carbonyl (C=O) groups is 2. The standard InChI is InChI=1S/C19H26N4O3.ClH/c1-5-10-22(12-18(25)26)11-17(24)20-19-14(3)21-23(15(19)4)16-8-6-13(2)7-9-16;/h6-9H,5,10-12H2,1-4H3,(H,20,24)(H,25,26);1H. The van der Waals surface area contributed by atoms with Crippen molar-refractivity contribution in [2.75, 3.05) is 25.0 Å². The van der Waals surface area contributed by atoms with E-state index in [9.17, 15) is 9.59 Å². The van der Waals surface area contributed by atoms with Gasteiger partial charge in [0.05, 0.1) is 35.9 Å². The molecule has 1 aromatic carbocycles. The van der Waals surface area contributed by atoms with Crippen LogP contribution < -0.4 is 5.32 Å². The number of nitrogens with one attached hydrogen (secondary N) is 1. The van der Waals surface area contributed by atoms with Gasteiger partial charge in [-0.25, -0.2) is 4.68 Å². The van der Waals surface area contributed by atoms with Gasteiger partial charge in [-0.05, 0) is 45.9 Å². The number of benzene rings is 1. The molecule has 148 valence electrons. The summed E-state index contributed by atoms with van der Waals surface area (Å²) in [7, 11) is 0. The van der Waals surface area contributed by atoms with E-state index in [0.717, 1.165) is 23.5 Å². The Labute approximate surface area is 165 Å². The number of carboxylic acids is 1. The molecular weight excluding hydrogens is 368 g/mol. The predicted octanol–water partition coefficient (Wildman–Crippen LogP) is 2.95. The molecule has 1 amide bonds. The number of hydrogen-bond donors (Lipinski definition) is 2. The van der Waals surface area contributed by atoms with Crippen LogP contribution in [0.3, 0.4) is 0 Å². The van der Waals surface area contributed by atoms with Gasteiger partial charge in [0, 0.05) is 0 Å². The van der Waals surface area contributed by atoms with Crippen LogP contribution in [0.15, 0.2) is 24.3 Å². The molecule has 1 aromatic heterocycles. The summed E-state index contributed by atoms with van der Waals surface area (Å²) in [5, 5.41) is 16.4. The van der Waals surface area contributed by atoms with Gasteiger partial charge in [0.15, 0.2) is 0 Å². The van der Waals surface area contributed by atoms with E-state index in [4.69, 9.17) is 5.11 Å². The number of anilines is 1. The molecule has 0 aliphatic carbocycles. The van der Waals surface area contributed by atoms with Crippen molar-refractivity contribution in [1.29, 1.82) is 0 Å². The number of carboxylic acid groups (broad SMARTS) is 1. The van der Waals surface area contributed by atoms with Gasteiger partial charge < -0.3 is 10.4 Å². The van der Waals surface area contributed by atoms with Gasteiger partial charge in [-0.1, -0.05) is 24.6 Å². The first kappa shape index (κ1) is 22.7. The average Bonchev–Trinajstić information content (AvgIpc) is 2.83. The van der Waals surface area contributed by atoms with Crippen LogP contribution in [0, 0.1) is 20.8 Å². The highest BCUT2D eigenvalue weighted by atomic mass is 35.5. The second-order valence-electron chi connectivity index (χ2n) is 6.45. The largest absolute Gasteiger partial charge is 0.480 e. The molecule has 0 unspecified atom stereocenters. The summed E-state index contributed by atoms with van der Waals surface area (Å²) < 4.78 is 1.80. The minimum Gasteiger partial charge on any atom is -0.480 e. The van der Waals surface area contributed by atoms with E-state index in [-0.39, 0.29) is 31.4 Å². The van der Waals surface area contributed by atoms with E-state index in [1.54, 1.807) is 9.58 Å². The molecule has 27 heavy (non-hydrogen) atoms. The van der Waals surface area contributed by atoms with Crippen LogP contribution in [-0.4, -0.2) is 51.3 Å².